The average Bonchev–Trinajstić information content (AvgIpc) is 2.21. The first-order chi connectivity index (χ1) is 9.32. The number of β-lactam (4-membered cyclic amide) rings is 1. The third-order valence-corrected chi connectivity index (χ3v) is 3.10. The number of nitrogens with zero attached hydrogens (tertiary/aromatic N) is 1. The molecule has 2 N–H and O–H groups in total. The second-order valence-electron chi connectivity index (χ2n) is 5.75. The fourth-order valence-corrected chi connectivity index (χ4v) is 2.15. The molecular weight excluding hydrogens is 302 g/mol. The molecule has 1 saturated heterocycles. The van der Waals surface area contributed by atoms with Crippen molar-refractivity contribution >= 4 is 28.1 Å². The Morgan fingerprint density at radius 2 is 1.81 bits per heavy atom. The summed E-state index contributed by atoms with van der Waals surface area (Å²) in [6.07, 6.45) is 0.0202. The number of carbonyl (C=O) groups is 3. The Balaban J connectivity index is 2.63. The standard InChI is InChI=1S/C11H19N3O6S/c1-6-7(12-10(17)20-11(2,3)4)8(15)14(6)9(16)13-21(5,18)19/h6-7H,1-5H3,(H,12,17)(H,13,16)/t6-,7-/m0/s1. The van der Waals surface area contributed by atoms with Crippen molar-refractivity contribution in [2.24, 2.45) is 0 Å². The molecule has 0 spiro atoms. The molecule has 120 valence electrons. The van der Waals surface area contributed by atoms with Crippen molar-refractivity contribution in [3.8, 4) is 0 Å². The molecule has 1 aliphatic heterocycles. The van der Waals surface area contributed by atoms with E-state index in [4.69, 9.17) is 4.74 Å². The number of imide groups is 1. The second kappa shape index (κ2) is 5.51. The van der Waals surface area contributed by atoms with Crippen LogP contribution in [-0.2, 0) is 19.6 Å². The first-order valence-electron chi connectivity index (χ1n) is 6.16. The van der Waals surface area contributed by atoms with Crippen LogP contribution in [0.3, 0.4) is 0 Å². The largest absolute Gasteiger partial charge is 0.444 e. The number of nitrogens with one attached hydrogen (secondary N) is 2. The monoisotopic (exact) mass is 321 g/mol. The van der Waals surface area contributed by atoms with Gasteiger partial charge in [0.1, 0.15) is 11.6 Å². The van der Waals surface area contributed by atoms with E-state index in [1.54, 1.807) is 25.5 Å². The predicted molar refractivity (Wildman–Crippen MR) is 72.8 cm³/mol. The van der Waals surface area contributed by atoms with Gasteiger partial charge in [0.25, 0.3) is 5.91 Å². The first kappa shape index (κ1) is 17.2. The lowest BCUT2D eigenvalue weighted by atomic mass is 9.98. The molecule has 1 rings (SSSR count). The van der Waals surface area contributed by atoms with Crippen LogP contribution in [-0.4, -0.2) is 55.3 Å². The Bertz CT molecular complexity index is 565. The summed E-state index contributed by atoms with van der Waals surface area (Å²) in [6.45, 7) is 6.52. The van der Waals surface area contributed by atoms with Gasteiger partial charge in [-0.3, -0.25) is 9.69 Å². The number of alkyl carbamates (subject to hydrolysis) is 1. The van der Waals surface area contributed by atoms with Gasteiger partial charge in [-0.05, 0) is 27.7 Å². The number of ether oxygens (including phenoxy) is 1. The number of urea groups is 1. The van der Waals surface area contributed by atoms with Crippen LogP contribution < -0.4 is 10.0 Å². The maximum Gasteiger partial charge on any atom is 0.408 e. The van der Waals surface area contributed by atoms with E-state index in [9.17, 15) is 22.8 Å². The lowest BCUT2D eigenvalue weighted by Crippen LogP contribution is -2.72. The number of carbonyl (C=O) groups excluding carboxylic acids is 3. The van der Waals surface area contributed by atoms with Gasteiger partial charge >= 0.3 is 12.1 Å². The molecule has 4 amide bonds. The number of amides is 4. The topological polar surface area (TPSA) is 122 Å². The second-order valence-corrected chi connectivity index (χ2v) is 7.50. The molecule has 0 aromatic carbocycles. The summed E-state index contributed by atoms with van der Waals surface area (Å²) in [5, 5.41) is 2.34. The fourth-order valence-electron chi connectivity index (χ4n) is 1.73. The fraction of sp³-hybridized carbons (Fsp3) is 0.727. The molecular formula is C11H19N3O6S. The number of hydrogen-bond donors (Lipinski definition) is 2. The van der Waals surface area contributed by atoms with Gasteiger partial charge < -0.3 is 10.1 Å². The summed E-state index contributed by atoms with van der Waals surface area (Å²) in [7, 11) is -3.76. The lowest BCUT2D eigenvalue weighted by Gasteiger charge is -2.43. The molecule has 1 fully saturated rings. The van der Waals surface area contributed by atoms with E-state index in [0.717, 1.165) is 11.2 Å². The van der Waals surface area contributed by atoms with E-state index in [2.05, 4.69) is 5.32 Å². The third kappa shape index (κ3) is 4.59. The van der Waals surface area contributed by atoms with Crippen molar-refractivity contribution in [2.45, 2.75) is 45.4 Å². The van der Waals surface area contributed by atoms with Crippen LogP contribution in [0.5, 0.6) is 0 Å². The molecule has 0 saturated carbocycles. The van der Waals surface area contributed by atoms with Crippen LogP contribution in [0.2, 0.25) is 0 Å². The highest BCUT2D eigenvalue weighted by atomic mass is 32.2. The van der Waals surface area contributed by atoms with Crippen LogP contribution in [0.1, 0.15) is 27.7 Å². The normalized spacial score (nSPS) is 22.3. The zero-order valence-corrected chi connectivity index (χ0v) is 13.3. The van der Waals surface area contributed by atoms with E-state index in [-0.39, 0.29) is 0 Å². The van der Waals surface area contributed by atoms with Gasteiger partial charge in [0, 0.05) is 0 Å². The SMILES string of the molecule is C[C@H]1[C@H](NC(=O)OC(C)(C)C)C(=O)N1C(=O)NS(C)(=O)=O. The molecule has 0 bridgehead atoms. The summed E-state index contributed by atoms with van der Waals surface area (Å²) in [6, 6.07) is -2.64. The molecule has 0 aromatic heterocycles. The Kier molecular flexibility index (Phi) is 4.51. The van der Waals surface area contributed by atoms with Gasteiger partial charge in [0.05, 0.1) is 12.3 Å². The molecule has 0 radical (unpaired) electrons. The highest BCUT2D eigenvalue weighted by Crippen LogP contribution is 2.20. The van der Waals surface area contributed by atoms with Gasteiger partial charge in [-0.1, -0.05) is 0 Å². The minimum absolute atomic E-state index is 0.674. The predicted octanol–water partition coefficient (Wildman–Crippen LogP) is -0.220. The maximum atomic E-state index is 11.8. The zero-order chi connectivity index (χ0) is 16.6. The minimum atomic E-state index is -3.76. The minimum Gasteiger partial charge on any atom is -0.444 e. The van der Waals surface area contributed by atoms with Gasteiger partial charge in [0.2, 0.25) is 10.0 Å². The Morgan fingerprint density at radius 3 is 2.19 bits per heavy atom. The van der Waals surface area contributed by atoms with Crippen LogP contribution >= 0.6 is 0 Å². The molecule has 0 unspecified atom stereocenters. The van der Waals surface area contributed by atoms with E-state index >= 15 is 0 Å². The van der Waals surface area contributed by atoms with Gasteiger partial charge in [-0.2, -0.15) is 0 Å². The molecule has 2 atom stereocenters. The number of hydrogen-bond acceptors (Lipinski definition) is 6. The average molecular weight is 321 g/mol. The van der Waals surface area contributed by atoms with Crippen LogP contribution in [0.25, 0.3) is 0 Å². The van der Waals surface area contributed by atoms with Gasteiger partial charge in [-0.15, -0.1) is 0 Å². The van der Waals surface area contributed by atoms with Gasteiger partial charge in [0.15, 0.2) is 0 Å². The molecule has 0 aromatic rings. The summed E-state index contributed by atoms with van der Waals surface area (Å²) >= 11 is 0. The van der Waals surface area contributed by atoms with Crippen molar-refractivity contribution in [1.29, 1.82) is 0 Å². The molecule has 9 nitrogen and oxygen atoms in total. The van der Waals surface area contributed by atoms with E-state index in [0.29, 0.717) is 0 Å². The zero-order valence-electron chi connectivity index (χ0n) is 12.5. The van der Waals surface area contributed by atoms with Crippen LogP contribution in [0.4, 0.5) is 9.59 Å². The summed E-state index contributed by atoms with van der Waals surface area (Å²) in [4.78, 5) is 35.7. The maximum absolute atomic E-state index is 11.8. The van der Waals surface area contributed by atoms with Crippen LogP contribution in [0.15, 0.2) is 0 Å². The first-order valence-corrected chi connectivity index (χ1v) is 8.05. The quantitative estimate of drug-likeness (QED) is 0.678. The number of rotatable bonds is 2. The van der Waals surface area contributed by atoms with E-state index < -0.39 is 45.7 Å². The van der Waals surface area contributed by atoms with Gasteiger partial charge in [-0.25, -0.2) is 22.7 Å². The lowest BCUT2D eigenvalue weighted by molar-refractivity contribution is -0.144. The van der Waals surface area contributed by atoms with Crippen molar-refractivity contribution in [3.05, 3.63) is 0 Å². The van der Waals surface area contributed by atoms with Crippen LogP contribution in [0, 0.1) is 0 Å². The Hall–Kier alpha value is -1.84. The molecule has 1 heterocycles. The third-order valence-electron chi connectivity index (χ3n) is 2.56. The smallest absolute Gasteiger partial charge is 0.408 e. The van der Waals surface area contributed by atoms with E-state index in [1.165, 1.54) is 6.92 Å². The van der Waals surface area contributed by atoms with Crippen molar-refractivity contribution in [3.63, 3.8) is 0 Å². The number of sulfonamides is 1. The summed E-state index contributed by atoms with van der Waals surface area (Å²) in [5.74, 6) is -0.700. The highest BCUT2D eigenvalue weighted by molar-refractivity contribution is 7.89. The molecule has 21 heavy (non-hydrogen) atoms. The summed E-state index contributed by atoms with van der Waals surface area (Å²) in [5.41, 5.74) is -0.715. The Morgan fingerprint density at radius 1 is 1.29 bits per heavy atom. The molecule has 1 aliphatic rings. The summed E-state index contributed by atoms with van der Waals surface area (Å²) < 4.78 is 28.6. The van der Waals surface area contributed by atoms with Crippen molar-refractivity contribution in [2.75, 3.05) is 6.26 Å². The molecule has 0 aliphatic carbocycles. The highest BCUT2D eigenvalue weighted by Gasteiger charge is 2.49. The number of likely N-dealkylation sites (tertiary alicyclic amines) is 1. The van der Waals surface area contributed by atoms with Crippen molar-refractivity contribution in [1.82, 2.24) is 14.9 Å². The molecule has 10 heteroatoms. The van der Waals surface area contributed by atoms with Crippen molar-refractivity contribution < 1.29 is 27.5 Å². The van der Waals surface area contributed by atoms with E-state index in [1.807, 2.05) is 0 Å². The Labute approximate surface area is 123 Å².